The Balaban J connectivity index is 1.79. The molecule has 5 nitrogen and oxygen atoms in total. The minimum absolute atomic E-state index is 0.0437. The Morgan fingerprint density at radius 2 is 2.35 bits per heavy atom. The van der Waals surface area contributed by atoms with E-state index in [9.17, 15) is 4.79 Å². The van der Waals surface area contributed by atoms with Crippen molar-refractivity contribution < 1.29 is 9.53 Å². The molecule has 0 aromatic carbocycles. The number of urea groups is 1. The van der Waals surface area contributed by atoms with E-state index in [0.29, 0.717) is 6.54 Å². The van der Waals surface area contributed by atoms with Gasteiger partial charge in [0.2, 0.25) is 0 Å². The topological polar surface area (TPSA) is 53.6 Å². The summed E-state index contributed by atoms with van der Waals surface area (Å²) in [5.74, 6) is 0. The lowest BCUT2D eigenvalue weighted by Gasteiger charge is -2.38. The molecule has 2 amide bonds. The number of carbonyl (C=O) groups is 1. The van der Waals surface area contributed by atoms with Gasteiger partial charge < -0.3 is 20.3 Å². The predicted octanol–water partition coefficient (Wildman–Crippen LogP) is 0.559. The summed E-state index contributed by atoms with van der Waals surface area (Å²) >= 11 is 0. The molecule has 2 aliphatic rings. The summed E-state index contributed by atoms with van der Waals surface area (Å²) in [5.41, 5.74) is 0.0474. The fourth-order valence-electron chi connectivity index (χ4n) is 2.66. The third-order valence-corrected chi connectivity index (χ3v) is 3.67. The first-order chi connectivity index (χ1) is 8.11. The summed E-state index contributed by atoms with van der Waals surface area (Å²) in [6.45, 7) is 2.64. The normalized spacial score (nSPS) is 32.7. The Bertz CT molecular complexity index is 275. The van der Waals surface area contributed by atoms with Crippen LogP contribution in [0, 0.1) is 0 Å². The van der Waals surface area contributed by atoms with E-state index in [4.69, 9.17) is 4.74 Å². The lowest BCUT2D eigenvalue weighted by Crippen LogP contribution is -2.47. The van der Waals surface area contributed by atoms with Gasteiger partial charge in [-0.1, -0.05) is 0 Å². The van der Waals surface area contributed by atoms with Gasteiger partial charge in [-0.2, -0.15) is 0 Å². The molecular formula is C12H23N3O2. The summed E-state index contributed by atoms with van der Waals surface area (Å²) in [7, 11) is 3.50. The van der Waals surface area contributed by atoms with Crippen LogP contribution >= 0.6 is 0 Å². The Labute approximate surface area is 103 Å². The summed E-state index contributed by atoms with van der Waals surface area (Å²) in [5, 5.41) is 6.27. The number of carbonyl (C=O) groups excluding carboxylic acids is 1. The number of amides is 2. The zero-order valence-corrected chi connectivity index (χ0v) is 10.8. The van der Waals surface area contributed by atoms with E-state index < -0.39 is 0 Å². The van der Waals surface area contributed by atoms with Crippen LogP contribution in [0.5, 0.6) is 0 Å². The van der Waals surface area contributed by atoms with Crippen molar-refractivity contribution in [1.82, 2.24) is 15.5 Å². The molecule has 0 aromatic heterocycles. The number of ether oxygens (including phenoxy) is 1. The van der Waals surface area contributed by atoms with Crippen LogP contribution in [0.4, 0.5) is 4.79 Å². The third kappa shape index (κ3) is 3.10. The van der Waals surface area contributed by atoms with Gasteiger partial charge >= 0.3 is 6.03 Å². The zero-order chi connectivity index (χ0) is 12.3. The van der Waals surface area contributed by atoms with Crippen LogP contribution in [-0.2, 0) is 4.74 Å². The second kappa shape index (κ2) is 5.23. The smallest absolute Gasteiger partial charge is 0.316 e. The molecule has 0 unspecified atom stereocenters. The van der Waals surface area contributed by atoms with Gasteiger partial charge in [-0.25, -0.2) is 4.79 Å². The molecule has 2 heterocycles. The standard InChI is InChI=1S/C12H23N3O2/c1-15(2)11(16)14-8-10-4-3-5-12(17-10)6-7-13-9-12/h10,13H,3-9H2,1-2H3,(H,14,16)/t10-,12-/m1/s1. The number of hydrogen-bond donors (Lipinski definition) is 2. The summed E-state index contributed by atoms with van der Waals surface area (Å²) in [6, 6.07) is -0.0437. The van der Waals surface area contributed by atoms with Gasteiger partial charge in [-0.15, -0.1) is 0 Å². The van der Waals surface area contributed by atoms with Gasteiger partial charge in [0.1, 0.15) is 0 Å². The fraction of sp³-hybridized carbons (Fsp3) is 0.917. The van der Waals surface area contributed by atoms with Crippen molar-refractivity contribution in [2.75, 3.05) is 33.7 Å². The van der Waals surface area contributed by atoms with Crippen molar-refractivity contribution in [1.29, 1.82) is 0 Å². The molecule has 0 saturated carbocycles. The molecule has 0 radical (unpaired) electrons. The van der Waals surface area contributed by atoms with Gasteiger partial charge in [-0.05, 0) is 32.2 Å². The second-order valence-corrected chi connectivity index (χ2v) is 5.32. The first-order valence-electron chi connectivity index (χ1n) is 6.45. The molecule has 2 saturated heterocycles. The Morgan fingerprint density at radius 3 is 3.00 bits per heavy atom. The maximum absolute atomic E-state index is 11.4. The van der Waals surface area contributed by atoms with E-state index in [1.807, 2.05) is 0 Å². The first-order valence-corrected chi connectivity index (χ1v) is 6.45. The van der Waals surface area contributed by atoms with E-state index in [0.717, 1.165) is 32.4 Å². The minimum atomic E-state index is -0.0437. The molecule has 0 bridgehead atoms. The quantitative estimate of drug-likeness (QED) is 0.742. The van der Waals surface area contributed by atoms with Gasteiger partial charge in [0.05, 0.1) is 11.7 Å². The molecule has 2 aliphatic heterocycles. The highest BCUT2D eigenvalue weighted by atomic mass is 16.5. The summed E-state index contributed by atoms with van der Waals surface area (Å²) < 4.78 is 6.17. The van der Waals surface area contributed by atoms with Crippen molar-refractivity contribution in [3.05, 3.63) is 0 Å². The van der Waals surface area contributed by atoms with Crippen LogP contribution in [0.25, 0.3) is 0 Å². The monoisotopic (exact) mass is 241 g/mol. The average molecular weight is 241 g/mol. The number of hydrogen-bond acceptors (Lipinski definition) is 3. The zero-order valence-electron chi connectivity index (χ0n) is 10.8. The minimum Gasteiger partial charge on any atom is -0.369 e. The number of nitrogens with one attached hydrogen (secondary N) is 2. The summed E-state index contributed by atoms with van der Waals surface area (Å²) in [4.78, 5) is 13.0. The molecule has 2 N–H and O–H groups in total. The Morgan fingerprint density at radius 1 is 1.53 bits per heavy atom. The van der Waals surface area contributed by atoms with Crippen LogP contribution in [0.2, 0.25) is 0 Å². The number of nitrogens with zero attached hydrogens (tertiary/aromatic N) is 1. The molecule has 2 rings (SSSR count). The van der Waals surface area contributed by atoms with E-state index in [2.05, 4.69) is 10.6 Å². The molecule has 17 heavy (non-hydrogen) atoms. The maximum atomic E-state index is 11.4. The van der Waals surface area contributed by atoms with Gasteiger partial charge in [0, 0.05) is 27.2 Å². The van der Waals surface area contributed by atoms with Crippen molar-refractivity contribution >= 4 is 6.03 Å². The molecule has 2 atom stereocenters. The van der Waals surface area contributed by atoms with Crippen molar-refractivity contribution in [2.45, 2.75) is 37.4 Å². The molecule has 98 valence electrons. The number of rotatable bonds is 2. The van der Waals surface area contributed by atoms with Crippen LogP contribution in [0.1, 0.15) is 25.7 Å². The van der Waals surface area contributed by atoms with Crippen LogP contribution in [-0.4, -0.2) is 56.4 Å². The molecule has 0 aromatic rings. The van der Waals surface area contributed by atoms with Crippen molar-refractivity contribution in [2.24, 2.45) is 0 Å². The molecule has 0 aliphatic carbocycles. The van der Waals surface area contributed by atoms with Crippen LogP contribution < -0.4 is 10.6 Å². The molecule has 5 heteroatoms. The highest BCUT2D eigenvalue weighted by Gasteiger charge is 2.39. The highest BCUT2D eigenvalue weighted by molar-refractivity contribution is 5.73. The molecular weight excluding hydrogens is 218 g/mol. The molecule has 2 fully saturated rings. The summed E-state index contributed by atoms with van der Waals surface area (Å²) in [6.07, 6.45) is 4.68. The van der Waals surface area contributed by atoms with Crippen molar-refractivity contribution in [3.63, 3.8) is 0 Å². The third-order valence-electron chi connectivity index (χ3n) is 3.67. The van der Waals surface area contributed by atoms with Crippen LogP contribution in [0.3, 0.4) is 0 Å². The average Bonchev–Trinajstić information content (AvgIpc) is 2.74. The lowest BCUT2D eigenvalue weighted by molar-refractivity contribution is -0.113. The van der Waals surface area contributed by atoms with Gasteiger partial charge in [0.25, 0.3) is 0 Å². The molecule has 1 spiro atoms. The SMILES string of the molecule is CN(C)C(=O)NC[C@H]1CCC[C@]2(CCNC2)O1. The van der Waals surface area contributed by atoms with Crippen LogP contribution in [0.15, 0.2) is 0 Å². The Hall–Kier alpha value is -0.810. The lowest BCUT2D eigenvalue weighted by atomic mass is 9.90. The van der Waals surface area contributed by atoms with E-state index >= 15 is 0 Å². The largest absolute Gasteiger partial charge is 0.369 e. The van der Waals surface area contributed by atoms with E-state index in [1.54, 1.807) is 19.0 Å². The van der Waals surface area contributed by atoms with E-state index in [1.165, 1.54) is 6.42 Å². The maximum Gasteiger partial charge on any atom is 0.316 e. The van der Waals surface area contributed by atoms with E-state index in [-0.39, 0.29) is 17.7 Å². The predicted molar refractivity (Wildman–Crippen MR) is 66.0 cm³/mol. The Kier molecular flexibility index (Phi) is 3.89. The highest BCUT2D eigenvalue weighted by Crippen LogP contribution is 2.33. The first kappa shape index (κ1) is 12.6. The van der Waals surface area contributed by atoms with Gasteiger partial charge in [-0.3, -0.25) is 0 Å². The van der Waals surface area contributed by atoms with Crippen molar-refractivity contribution in [3.8, 4) is 0 Å². The van der Waals surface area contributed by atoms with Gasteiger partial charge in [0.15, 0.2) is 0 Å². The fourth-order valence-corrected chi connectivity index (χ4v) is 2.66. The second-order valence-electron chi connectivity index (χ2n) is 5.32.